The number of hydrogen-bond acceptors (Lipinski definition) is 5. The van der Waals surface area contributed by atoms with E-state index in [0.29, 0.717) is 30.8 Å². The highest BCUT2D eigenvalue weighted by atomic mass is 32.1. The van der Waals surface area contributed by atoms with Crippen LogP contribution in [-0.2, 0) is 9.59 Å². The van der Waals surface area contributed by atoms with Gasteiger partial charge < -0.3 is 20.7 Å². The highest BCUT2D eigenvalue weighted by Gasteiger charge is 2.08. The van der Waals surface area contributed by atoms with Gasteiger partial charge >= 0.3 is 0 Å². The van der Waals surface area contributed by atoms with Gasteiger partial charge in [0.05, 0.1) is 13.2 Å². The van der Waals surface area contributed by atoms with Crippen LogP contribution >= 0.6 is 11.3 Å². The molecule has 3 N–H and O–H groups in total. The van der Waals surface area contributed by atoms with Gasteiger partial charge in [-0.15, -0.1) is 0 Å². The number of hydrogen-bond donors (Lipinski definition) is 3. The number of rotatable bonds is 10. The van der Waals surface area contributed by atoms with E-state index in [4.69, 9.17) is 4.74 Å². The summed E-state index contributed by atoms with van der Waals surface area (Å²) < 4.78 is 5.33. The molecule has 0 saturated carbocycles. The number of anilines is 1. The van der Waals surface area contributed by atoms with E-state index in [1.807, 2.05) is 12.3 Å². The molecule has 0 atom stereocenters. The monoisotopic (exact) mass is 389 g/mol. The van der Waals surface area contributed by atoms with Crippen LogP contribution in [0.25, 0.3) is 0 Å². The van der Waals surface area contributed by atoms with Gasteiger partial charge in [0.25, 0.3) is 5.91 Å². The lowest BCUT2D eigenvalue weighted by Crippen LogP contribution is -2.33. The Morgan fingerprint density at radius 1 is 1.04 bits per heavy atom. The quantitative estimate of drug-likeness (QED) is 0.544. The van der Waals surface area contributed by atoms with Gasteiger partial charge in [-0.2, -0.15) is 11.3 Å². The van der Waals surface area contributed by atoms with Crippen LogP contribution in [0.4, 0.5) is 5.69 Å². The number of carbonyl (C=O) groups excluding carboxylic acids is 3. The predicted octanol–water partition coefficient (Wildman–Crippen LogP) is 2.41. The van der Waals surface area contributed by atoms with Crippen LogP contribution in [0.2, 0.25) is 0 Å². The predicted molar refractivity (Wildman–Crippen MR) is 105 cm³/mol. The summed E-state index contributed by atoms with van der Waals surface area (Å²) in [7, 11) is 0. The number of nitrogens with one attached hydrogen (secondary N) is 3. The number of ether oxygens (including phenoxy) is 1. The highest BCUT2D eigenvalue weighted by Crippen LogP contribution is 2.15. The van der Waals surface area contributed by atoms with Crippen LogP contribution in [0.3, 0.4) is 0 Å². The summed E-state index contributed by atoms with van der Waals surface area (Å²) in [6, 6.07) is 8.75. The van der Waals surface area contributed by atoms with Gasteiger partial charge in [-0.05, 0) is 49.1 Å². The molecule has 2 aromatic rings. The van der Waals surface area contributed by atoms with E-state index in [0.717, 1.165) is 5.75 Å². The second-order valence-corrected chi connectivity index (χ2v) is 6.43. The Kier molecular flexibility index (Phi) is 8.31. The Balaban J connectivity index is 1.59. The topological polar surface area (TPSA) is 96.5 Å². The Labute approximate surface area is 162 Å². The average Bonchev–Trinajstić information content (AvgIpc) is 3.20. The van der Waals surface area contributed by atoms with Crippen LogP contribution in [0.1, 0.15) is 30.1 Å². The molecule has 27 heavy (non-hydrogen) atoms. The fourth-order valence-electron chi connectivity index (χ4n) is 2.22. The summed E-state index contributed by atoms with van der Waals surface area (Å²) in [5.74, 6) is 0.0428. The van der Waals surface area contributed by atoms with E-state index >= 15 is 0 Å². The van der Waals surface area contributed by atoms with Crippen molar-refractivity contribution >= 4 is 34.7 Å². The first-order valence-electron chi connectivity index (χ1n) is 8.68. The lowest BCUT2D eigenvalue weighted by Gasteiger charge is -2.08. The lowest BCUT2D eigenvalue weighted by molar-refractivity contribution is -0.124. The van der Waals surface area contributed by atoms with E-state index in [1.165, 1.54) is 11.3 Å². The van der Waals surface area contributed by atoms with Gasteiger partial charge in [-0.3, -0.25) is 14.4 Å². The third-order valence-corrected chi connectivity index (χ3v) is 4.23. The maximum absolute atomic E-state index is 11.9. The number of benzene rings is 1. The first kappa shape index (κ1) is 20.4. The number of carbonyl (C=O) groups is 3. The van der Waals surface area contributed by atoms with Crippen LogP contribution in [0, 0.1) is 0 Å². The molecule has 144 valence electrons. The van der Waals surface area contributed by atoms with Gasteiger partial charge in [0.15, 0.2) is 0 Å². The van der Waals surface area contributed by atoms with Crippen molar-refractivity contribution in [1.82, 2.24) is 10.6 Å². The molecule has 0 aliphatic carbocycles. The molecule has 0 fully saturated rings. The minimum atomic E-state index is -0.307. The minimum absolute atomic E-state index is 0.104. The van der Waals surface area contributed by atoms with E-state index in [2.05, 4.69) is 16.0 Å². The molecule has 0 aliphatic rings. The smallest absolute Gasteiger partial charge is 0.252 e. The molecule has 1 heterocycles. The third-order valence-electron chi connectivity index (χ3n) is 3.54. The Morgan fingerprint density at radius 2 is 1.81 bits per heavy atom. The largest absolute Gasteiger partial charge is 0.494 e. The summed E-state index contributed by atoms with van der Waals surface area (Å²) >= 11 is 1.46. The molecule has 3 amide bonds. The van der Waals surface area contributed by atoms with E-state index in [1.54, 1.807) is 35.7 Å². The second-order valence-electron chi connectivity index (χ2n) is 5.65. The van der Waals surface area contributed by atoms with Crippen LogP contribution in [-0.4, -0.2) is 37.4 Å². The SMILES string of the molecule is CCOc1ccc(NC(=O)CNC(=O)CCCNC(=O)c2ccsc2)cc1. The maximum Gasteiger partial charge on any atom is 0.252 e. The van der Waals surface area contributed by atoms with Crippen molar-refractivity contribution in [3.05, 3.63) is 46.7 Å². The van der Waals surface area contributed by atoms with E-state index in [-0.39, 0.29) is 30.7 Å². The van der Waals surface area contributed by atoms with Crippen LogP contribution in [0.15, 0.2) is 41.1 Å². The summed E-state index contributed by atoms with van der Waals surface area (Å²) in [4.78, 5) is 35.4. The first-order valence-corrected chi connectivity index (χ1v) is 9.62. The van der Waals surface area contributed by atoms with Gasteiger partial charge in [-0.25, -0.2) is 0 Å². The summed E-state index contributed by atoms with van der Waals surface area (Å²) in [6.07, 6.45) is 0.739. The van der Waals surface area contributed by atoms with Crippen molar-refractivity contribution in [1.29, 1.82) is 0 Å². The summed E-state index contributed by atoms with van der Waals surface area (Å²) in [6.45, 7) is 2.78. The number of thiophene rings is 1. The fraction of sp³-hybridized carbons (Fsp3) is 0.316. The summed E-state index contributed by atoms with van der Waals surface area (Å²) in [5, 5.41) is 11.6. The molecule has 0 bridgehead atoms. The summed E-state index contributed by atoms with van der Waals surface area (Å²) in [5.41, 5.74) is 1.25. The Bertz CT molecular complexity index is 745. The highest BCUT2D eigenvalue weighted by molar-refractivity contribution is 7.08. The third kappa shape index (κ3) is 7.49. The lowest BCUT2D eigenvalue weighted by atomic mass is 10.2. The molecule has 0 radical (unpaired) electrons. The van der Waals surface area contributed by atoms with Gasteiger partial charge in [-0.1, -0.05) is 0 Å². The molecule has 0 aliphatic heterocycles. The number of amides is 3. The average molecular weight is 389 g/mol. The van der Waals surface area contributed by atoms with Crippen molar-refractivity contribution in [2.24, 2.45) is 0 Å². The second kappa shape index (κ2) is 11.0. The van der Waals surface area contributed by atoms with Gasteiger partial charge in [0, 0.05) is 29.6 Å². The maximum atomic E-state index is 11.9. The van der Waals surface area contributed by atoms with Crippen LogP contribution < -0.4 is 20.7 Å². The molecule has 2 rings (SSSR count). The normalized spacial score (nSPS) is 10.1. The molecule has 0 saturated heterocycles. The van der Waals surface area contributed by atoms with Crippen molar-refractivity contribution in [2.45, 2.75) is 19.8 Å². The molecule has 0 spiro atoms. The van der Waals surface area contributed by atoms with Gasteiger partial charge in [0.1, 0.15) is 5.75 Å². The van der Waals surface area contributed by atoms with Crippen molar-refractivity contribution in [3.8, 4) is 5.75 Å². The fourth-order valence-corrected chi connectivity index (χ4v) is 2.86. The van der Waals surface area contributed by atoms with Crippen molar-refractivity contribution < 1.29 is 19.1 Å². The molecule has 1 aromatic carbocycles. The molecular weight excluding hydrogens is 366 g/mol. The molecule has 8 heteroatoms. The van der Waals surface area contributed by atoms with Gasteiger partial charge in [0.2, 0.25) is 11.8 Å². The van der Waals surface area contributed by atoms with Crippen molar-refractivity contribution in [3.63, 3.8) is 0 Å². The van der Waals surface area contributed by atoms with E-state index in [9.17, 15) is 14.4 Å². The van der Waals surface area contributed by atoms with E-state index < -0.39 is 0 Å². The molecule has 7 nitrogen and oxygen atoms in total. The van der Waals surface area contributed by atoms with Crippen molar-refractivity contribution in [2.75, 3.05) is 25.0 Å². The minimum Gasteiger partial charge on any atom is -0.494 e. The standard InChI is InChI=1S/C19H23N3O4S/c1-2-26-16-7-5-15(6-8-16)22-18(24)12-21-17(23)4-3-10-20-19(25)14-9-11-27-13-14/h5-9,11,13H,2-4,10,12H2,1H3,(H,20,25)(H,21,23)(H,22,24). The zero-order chi connectivity index (χ0) is 19.5. The zero-order valence-electron chi connectivity index (χ0n) is 15.1. The Morgan fingerprint density at radius 3 is 2.48 bits per heavy atom. The first-order chi connectivity index (χ1) is 13.1. The Hall–Kier alpha value is -2.87. The van der Waals surface area contributed by atoms with Crippen LogP contribution in [0.5, 0.6) is 5.75 Å². The molecule has 1 aromatic heterocycles. The molecular formula is C19H23N3O4S. The zero-order valence-corrected chi connectivity index (χ0v) is 15.9. The molecule has 0 unspecified atom stereocenters.